The number of aliphatic hydroxyl groups excluding tert-OH is 1. The van der Waals surface area contributed by atoms with Gasteiger partial charge in [-0.3, -0.25) is 0 Å². The highest BCUT2D eigenvalue weighted by molar-refractivity contribution is 6.42. The molecule has 0 aliphatic rings. The third kappa shape index (κ3) is 5.29. The Morgan fingerprint density at radius 2 is 1.94 bits per heavy atom. The predicted octanol–water partition coefficient (Wildman–Crippen LogP) is 4.72. The smallest absolute Gasteiger partial charge is 0.0595 e. The number of hydrogen-bond acceptors (Lipinski definition) is 1. The van der Waals surface area contributed by atoms with Gasteiger partial charge in [-0.25, -0.2) is 0 Å². The van der Waals surface area contributed by atoms with Crippen LogP contribution in [0.2, 0.25) is 10.0 Å². The minimum atomic E-state index is -0.297. The van der Waals surface area contributed by atoms with Crippen LogP contribution in [-0.2, 0) is 6.42 Å². The van der Waals surface area contributed by atoms with Crippen LogP contribution in [0.3, 0.4) is 0 Å². The van der Waals surface area contributed by atoms with Crippen molar-refractivity contribution in [3.05, 3.63) is 33.8 Å². The van der Waals surface area contributed by atoms with Gasteiger partial charge in [0.05, 0.1) is 16.1 Å². The summed E-state index contributed by atoms with van der Waals surface area (Å²) in [5, 5.41) is 11.1. The van der Waals surface area contributed by atoms with Gasteiger partial charge < -0.3 is 5.11 Å². The zero-order valence-corrected chi connectivity index (χ0v) is 11.9. The normalized spacial score (nSPS) is 14.6. The highest BCUT2D eigenvalue weighted by Crippen LogP contribution is 2.24. The number of halogens is 2. The lowest BCUT2D eigenvalue weighted by atomic mass is 9.95. The fourth-order valence-electron chi connectivity index (χ4n) is 2.10. The number of benzene rings is 1. The second-order valence-electron chi connectivity index (χ2n) is 4.74. The quantitative estimate of drug-likeness (QED) is 0.796. The topological polar surface area (TPSA) is 20.2 Å². The van der Waals surface area contributed by atoms with Crippen LogP contribution in [0.1, 0.15) is 38.7 Å². The molecule has 2 unspecified atom stereocenters. The van der Waals surface area contributed by atoms with Gasteiger partial charge in [-0.1, -0.05) is 56.0 Å². The summed E-state index contributed by atoms with van der Waals surface area (Å²) in [4.78, 5) is 0. The molecule has 1 aromatic rings. The third-order valence-electron chi connectivity index (χ3n) is 2.91. The molecule has 1 nitrogen and oxygen atoms in total. The summed E-state index contributed by atoms with van der Waals surface area (Å²) >= 11 is 11.8. The van der Waals surface area contributed by atoms with Gasteiger partial charge in [0.15, 0.2) is 0 Å². The fraction of sp³-hybridized carbons (Fsp3) is 0.571. The highest BCUT2D eigenvalue weighted by Gasteiger charge is 2.11. The molecule has 0 aliphatic carbocycles. The summed E-state index contributed by atoms with van der Waals surface area (Å²) in [6.07, 6.45) is 3.52. The molecule has 0 spiro atoms. The Balaban J connectivity index is 2.50. The zero-order chi connectivity index (χ0) is 12.8. The molecule has 0 aromatic heterocycles. The Hall–Kier alpha value is -0.240. The number of aliphatic hydroxyl groups is 1. The van der Waals surface area contributed by atoms with Crippen LogP contribution >= 0.6 is 23.2 Å². The van der Waals surface area contributed by atoms with E-state index in [1.54, 1.807) is 6.07 Å². The molecule has 0 amide bonds. The van der Waals surface area contributed by atoms with Crippen LogP contribution in [0, 0.1) is 5.92 Å². The maximum atomic E-state index is 9.98. The molecule has 0 saturated carbocycles. The molecule has 0 heterocycles. The van der Waals surface area contributed by atoms with Gasteiger partial charge >= 0.3 is 0 Å². The first-order chi connectivity index (χ1) is 8.02. The van der Waals surface area contributed by atoms with Gasteiger partial charge in [0.25, 0.3) is 0 Å². The van der Waals surface area contributed by atoms with Crippen molar-refractivity contribution >= 4 is 23.2 Å². The maximum Gasteiger partial charge on any atom is 0.0595 e. The van der Waals surface area contributed by atoms with E-state index in [4.69, 9.17) is 23.2 Å². The molecule has 0 saturated heterocycles. The van der Waals surface area contributed by atoms with E-state index in [0.29, 0.717) is 22.4 Å². The first-order valence-corrected chi connectivity index (χ1v) is 6.90. The van der Waals surface area contributed by atoms with Gasteiger partial charge in [0.1, 0.15) is 0 Å². The largest absolute Gasteiger partial charge is 0.393 e. The molecule has 1 rings (SSSR count). The molecule has 2 atom stereocenters. The Morgan fingerprint density at radius 3 is 2.53 bits per heavy atom. The van der Waals surface area contributed by atoms with Gasteiger partial charge in [0, 0.05) is 0 Å². The van der Waals surface area contributed by atoms with Crippen LogP contribution in [0.15, 0.2) is 18.2 Å². The summed E-state index contributed by atoms with van der Waals surface area (Å²) in [6, 6.07) is 5.53. The van der Waals surface area contributed by atoms with Crippen LogP contribution < -0.4 is 0 Å². The van der Waals surface area contributed by atoms with Gasteiger partial charge in [-0.05, 0) is 36.5 Å². The van der Waals surface area contributed by atoms with Gasteiger partial charge in [-0.15, -0.1) is 0 Å². The molecule has 0 radical (unpaired) electrons. The molecule has 0 fully saturated rings. The predicted molar refractivity (Wildman–Crippen MR) is 74.9 cm³/mol. The summed E-state index contributed by atoms with van der Waals surface area (Å²) in [7, 11) is 0. The van der Waals surface area contributed by atoms with Crippen molar-refractivity contribution in [1.29, 1.82) is 0 Å². The molecule has 96 valence electrons. The molecular weight excluding hydrogens is 255 g/mol. The van der Waals surface area contributed by atoms with Crippen molar-refractivity contribution in [1.82, 2.24) is 0 Å². The summed E-state index contributed by atoms with van der Waals surface area (Å²) in [5.74, 6) is 0.567. The van der Waals surface area contributed by atoms with E-state index < -0.39 is 0 Å². The highest BCUT2D eigenvalue weighted by atomic mass is 35.5. The third-order valence-corrected chi connectivity index (χ3v) is 3.65. The lowest BCUT2D eigenvalue weighted by molar-refractivity contribution is 0.143. The molecule has 1 N–H and O–H groups in total. The molecule has 3 heteroatoms. The van der Waals surface area contributed by atoms with E-state index in [9.17, 15) is 5.11 Å². The zero-order valence-electron chi connectivity index (χ0n) is 10.4. The van der Waals surface area contributed by atoms with Crippen molar-refractivity contribution in [3.63, 3.8) is 0 Å². The SMILES string of the molecule is CCCC(C)CC(O)Cc1ccc(Cl)c(Cl)c1. The average molecular weight is 275 g/mol. The monoisotopic (exact) mass is 274 g/mol. The van der Waals surface area contributed by atoms with Crippen molar-refractivity contribution < 1.29 is 5.11 Å². The van der Waals surface area contributed by atoms with Crippen molar-refractivity contribution in [2.75, 3.05) is 0 Å². The van der Waals surface area contributed by atoms with Crippen molar-refractivity contribution in [3.8, 4) is 0 Å². The van der Waals surface area contributed by atoms with Crippen LogP contribution in [0.25, 0.3) is 0 Å². The van der Waals surface area contributed by atoms with Crippen molar-refractivity contribution in [2.45, 2.75) is 45.6 Å². The minimum Gasteiger partial charge on any atom is -0.393 e. The maximum absolute atomic E-state index is 9.98. The van der Waals surface area contributed by atoms with Crippen LogP contribution in [0.4, 0.5) is 0 Å². The Kier molecular flexibility index (Phi) is 6.32. The van der Waals surface area contributed by atoms with E-state index in [1.807, 2.05) is 12.1 Å². The lowest BCUT2D eigenvalue weighted by Gasteiger charge is -2.16. The van der Waals surface area contributed by atoms with E-state index in [2.05, 4.69) is 13.8 Å². The van der Waals surface area contributed by atoms with Gasteiger partial charge in [0.2, 0.25) is 0 Å². The van der Waals surface area contributed by atoms with Crippen LogP contribution in [0.5, 0.6) is 0 Å². The van der Waals surface area contributed by atoms with Gasteiger partial charge in [-0.2, -0.15) is 0 Å². The van der Waals surface area contributed by atoms with E-state index in [-0.39, 0.29) is 6.10 Å². The number of rotatable bonds is 6. The first-order valence-electron chi connectivity index (χ1n) is 6.15. The second kappa shape index (κ2) is 7.25. The number of hydrogen-bond donors (Lipinski definition) is 1. The summed E-state index contributed by atoms with van der Waals surface area (Å²) < 4.78 is 0. The molecular formula is C14H20Cl2O. The molecule has 1 aromatic carbocycles. The Morgan fingerprint density at radius 1 is 1.24 bits per heavy atom. The summed E-state index contributed by atoms with van der Waals surface area (Å²) in [5.41, 5.74) is 1.04. The molecule has 17 heavy (non-hydrogen) atoms. The fourth-order valence-corrected chi connectivity index (χ4v) is 2.42. The Labute approximate surface area is 114 Å². The lowest BCUT2D eigenvalue weighted by Crippen LogP contribution is -2.14. The van der Waals surface area contributed by atoms with E-state index in [0.717, 1.165) is 12.0 Å². The minimum absolute atomic E-state index is 0.297. The summed E-state index contributed by atoms with van der Waals surface area (Å²) in [6.45, 7) is 4.35. The Bertz CT molecular complexity index is 352. The van der Waals surface area contributed by atoms with E-state index in [1.165, 1.54) is 12.8 Å². The first kappa shape index (κ1) is 14.8. The molecule has 0 aliphatic heterocycles. The second-order valence-corrected chi connectivity index (χ2v) is 5.55. The van der Waals surface area contributed by atoms with Crippen LogP contribution in [-0.4, -0.2) is 11.2 Å². The standard InChI is InChI=1S/C14H20Cl2O/c1-3-4-10(2)7-12(17)8-11-5-6-13(15)14(16)9-11/h5-6,9-10,12,17H,3-4,7-8H2,1-2H3. The molecule has 0 bridgehead atoms. The van der Waals surface area contributed by atoms with Crippen molar-refractivity contribution in [2.24, 2.45) is 5.92 Å². The average Bonchev–Trinajstić information content (AvgIpc) is 2.23. The van der Waals surface area contributed by atoms with E-state index >= 15 is 0 Å².